The Bertz CT molecular complexity index is 494. The van der Waals surface area contributed by atoms with Crippen LogP contribution < -0.4 is 3.89 Å². The Balaban J connectivity index is 3.25. The quantitative estimate of drug-likeness (QED) is 0.423. The first-order chi connectivity index (χ1) is 6.79. The van der Waals surface area contributed by atoms with E-state index in [9.17, 15) is 13.0 Å². The molecule has 5 heteroatoms. The number of rotatable bonds is 2. The minimum Gasteiger partial charge on any atom is -0.701 e. The van der Waals surface area contributed by atoms with Gasteiger partial charge in [-0.05, 0) is 12.1 Å². The molecule has 0 spiro atoms. The summed E-state index contributed by atoms with van der Waals surface area (Å²) in [6.45, 7) is 0. The molecule has 15 heavy (non-hydrogen) atoms. The Labute approximate surface area is 89.6 Å². The molecule has 0 aromatic heterocycles. The van der Waals surface area contributed by atoms with Crippen molar-refractivity contribution in [2.24, 2.45) is 0 Å². The fraction of sp³-hybridized carbons (Fsp3) is 0.200. The fourth-order valence-corrected chi connectivity index (χ4v) is 1.43. The van der Waals surface area contributed by atoms with Gasteiger partial charge in [0.1, 0.15) is 5.69 Å². The van der Waals surface area contributed by atoms with Crippen molar-refractivity contribution in [2.45, 2.75) is 0 Å². The van der Waals surface area contributed by atoms with Crippen LogP contribution in [0.3, 0.4) is 0 Å². The summed E-state index contributed by atoms with van der Waals surface area (Å²) in [6.07, 6.45) is 5.16. The first-order valence-corrected chi connectivity index (χ1v) is 5.53. The molecule has 0 heterocycles. The Morgan fingerprint density at radius 3 is 2.07 bits per heavy atom. The van der Waals surface area contributed by atoms with Gasteiger partial charge in [-0.1, -0.05) is 5.92 Å². The number of benzene rings is 1. The molecule has 0 N–H and O–H groups in total. The summed E-state index contributed by atoms with van der Waals surface area (Å²) in [7, 11) is -1.81. The van der Waals surface area contributed by atoms with Crippen molar-refractivity contribution in [2.75, 3.05) is 14.1 Å². The maximum Gasteiger partial charge on any atom is 0.258 e. The molecule has 0 bridgehead atoms. The Kier molecular flexibility index (Phi) is 2.86. The molecule has 0 atom stereocenters. The second-order valence-electron chi connectivity index (χ2n) is 3.47. The van der Waals surface area contributed by atoms with Crippen LogP contribution in [0.1, 0.15) is 5.56 Å². The molecule has 0 aliphatic heterocycles. The van der Waals surface area contributed by atoms with Crippen molar-refractivity contribution in [3.63, 3.8) is 0 Å². The van der Waals surface area contributed by atoms with Crippen LogP contribution in [0.25, 0.3) is 0 Å². The largest absolute Gasteiger partial charge is 0.701 e. The zero-order chi connectivity index (χ0) is 11.7. The van der Waals surface area contributed by atoms with E-state index < -0.39 is 14.2 Å². The third kappa shape index (κ3) is 2.18. The summed E-state index contributed by atoms with van der Waals surface area (Å²) in [5.41, 5.74) is 1.02. The standard InChI is InChI=1S/C10H11NO3S/c1-4-9-5-7-10(8-6-9)11(2,3)15(12,13)14/h1,5-8H,2-3H3. The topological polar surface area (TPSA) is 57.2 Å². The van der Waals surface area contributed by atoms with Crippen molar-refractivity contribution in [3.8, 4) is 12.3 Å². The first-order valence-electron chi connectivity index (χ1n) is 4.16. The SMILES string of the molecule is C#Cc1ccc([N+](C)(C)S(=O)(=O)[O-])cc1. The Hall–Kier alpha value is -1.35. The van der Waals surface area contributed by atoms with Crippen molar-refractivity contribution in [1.29, 1.82) is 0 Å². The van der Waals surface area contributed by atoms with Crippen molar-refractivity contribution >= 4 is 16.0 Å². The van der Waals surface area contributed by atoms with E-state index >= 15 is 0 Å². The Morgan fingerprint density at radius 2 is 1.73 bits per heavy atom. The van der Waals surface area contributed by atoms with Gasteiger partial charge in [-0.15, -0.1) is 6.42 Å². The first kappa shape index (κ1) is 11.7. The lowest BCUT2D eigenvalue weighted by Crippen LogP contribution is -2.46. The highest BCUT2D eigenvalue weighted by molar-refractivity contribution is 7.85. The summed E-state index contributed by atoms with van der Waals surface area (Å²) < 4.78 is 32.2. The number of quaternary nitrogens is 1. The molecule has 1 rings (SSSR count). The van der Waals surface area contributed by atoms with E-state index in [-0.39, 0.29) is 0 Å². The van der Waals surface area contributed by atoms with Gasteiger partial charge in [-0.3, -0.25) is 0 Å². The van der Waals surface area contributed by atoms with E-state index in [1.54, 1.807) is 12.1 Å². The van der Waals surface area contributed by atoms with E-state index in [1.165, 1.54) is 26.2 Å². The molecule has 0 saturated heterocycles. The third-order valence-electron chi connectivity index (χ3n) is 2.21. The maximum absolute atomic E-state index is 11.0. The highest BCUT2D eigenvalue weighted by Crippen LogP contribution is 2.22. The van der Waals surface area contributed by atoms with Gasteiger partial charge in [-0.25, -0.2) is 3.89 Å². The third-order valence-corrected chi connectivity index (χ3v) is 3.54. The molecular formula is C10H11NO3S. The lowest BCUT2D eigenvalue weighted by atomic mass is 10.2. The molecule has 0 radical (unpaired) electrons. The van der Waals surface area contributed by atoms with Crippen LogP contribution in [0, 0.1) is 12.3 Å². The van der Waals surface area contributed by atoms with Gasteiger partial charge < -0.3 is 4.55 Å². The highest BCUT2D eigenvalue weighted by Gasteiger charge is 2.26. The van der Waals surface area contributed by atoms with Crippen LogP contribution in [-0.2, 0) is 10.3 Å². The molecular weight excluding hydrogens is 214 g/mol. The number of hydrogen-bond donors (Lipinski definition) is 0. The van der Waals surface area contributed by atoms with Crippen molar-refractivity contribution < 1.29 is 13.0 Å². The van der Waals surface area contributed by atoms with Crippen LogP contribution in [-0.4, -0.2) is 27.1 Å². The molecule has 0 aliphatic rings. The van der Waals surface area contributed by atoms with Gasteiger partial charge in [0.15, 0.2) is 0 Å². The van der Waals surface area contributed by atoms with Gasteiger partial charge in [0.2, 0.25) is 0 Å². The molecule has 80 valence electrons. The molecule has 4 nitrogen and oxygen atoms in total. The number of hydrogen-bond acceptors (Lipinski definition) is 3. The monoisotopic (exact) mass is 225 g/mol. The summed E-state index contributed by atoms with van der Waals surface area (Å²) in [6, 6.07) is 6.26. The second kappa shape index (κ2) is 3.66. The molecule has 0 saturated carbocycles. The van der Waals surface area contributed by atoms with Gasteiger partial charge in [0.25, 0.3) is 10.3 Å². The van der Waals surface area contributed by atoms with Gasteiger partial charge in [0.05, 0.1) is 14.1 Å². The lowest BCUT2D eigenvalue weighted by molar-refractivity contribution is 0.397. The predicted molar refractivity (Wildman–Crippen MR) is 57.7 cm³/mol. The summed E-state index contributed by atoms with van der Waals surface area (Å²) >= 11 is 0. The molecule has 0 aliphatic carbocycles. The second-order valence-corrected chi connectivity index (χ2v) is 5.24. The molecule has 0 amide bonds. The molecule has 1 aromatic carbocycles. The van der Waals surface area contributed by atoms with Crippen LogP contribution in [0.2, 0.25) is 0 Å². The van der Waals surface area contributed by atoms with E-state index in [0.717, 1.165) is 0 Å². The molecule has 1 aromatic rings. The zero-order valence-corrected chi connectivity index (χ0v) is 9.28. The van der Waals surface area contributed by atoms with Crippen LogP contribution in [0.5, 0.6) is 0 Å². The average Bonchev–Trinajstić information content (AvgIpc) is 2.16. The van der Waals surface area contributed by atoms with Gasteiger partial charge in [-0.2, -0.15) is 8.42 Å². The molecule has 0 unspecified atom stereocenters. The minimum absolute atomic E-state index is 0.379. The van der Waals surface area contributed by atoms with E-state index in [4.69, 9.17) is 6.42 Å². The predicted octanol–water partition coefficient (Wildman–Crippen LogP) is 0.695. The lowest BCUT2D eigenvalue weighted by Gasteiger charge is -2.30. The fourth-order valence-electron chi connectivity index (χ4n) is 1.05. The highest BCUT2D eigenvalue weighted by atomic mass is 32.2. The summed E-state index contributed by atoms with van der Waals surface area (Å²) in [5, 5.41) is 0. The average molecular weight is 225 g/mol. The van der Waals surface area contributed by atoms with Crippen molar-refractivity contribution in [1.82, 2.24) is 3.89 Å². The minimum atomic E-state index is -4.44. The maximum atomic E-state index is 11.0. The van der Waals surface area contributed by atoms with E-state index in [1.807, 2.05) is 0 Å². The number of nitrogens with zero attached hydrogens (tertiary/aromatic N) is 1. The zero-order valence-electron chi connectivity index (χ0n) is 8.47. The van der Waals surface area contributed by atoms with Gasteiger partial charge >= 0.3 is 0 Å². The van der Waals surface area contributed by atoms with Gasteiger partial charge in [0, 0.05) is 17.7 Å². The Morgan fingerprint density at radius 1 is 1.27 bits per heavy atom. The number of terminal acetylenes is 1. The van der Waals surface area contributed by atoms with E-state index in [2.05, 4.69) is 5.92 Å². The smallest absolute Gasteiger partial charge is 0.258 e. The van der Waals surface area contributed by atoms with Crippen LogP contribution in [0.4, 0.5) is 5.69 Å². The summed E-state index contributed by atoms with van der Waals surface area (Å²) in [4.78, 5) is 0. The van der Waals surface area contributed by atoms with E-state index in [0.29, 0.717) is 11.3 Å². The van der Waals surface area contributed by atoms with Crippen LogP contribution >= 0.6 is 0 Å². The summed E-state index contributed by atoms with van der Waals surface area (Å²) in [5.74, 6) is 2.41. The molecule has 0 fully saturated rings. The van der Waals surface area contributed by atoms with Crippen molar-refractivity contribution in [3.05, 3.63) is 29.8 Å². The normalized spacial score (nSPS) is 12.1. The van der Waals surface area contributed by atoms with Crippen LogP contribution in [0.15, 0.2) is 24.3 Å².